The van der Waals surface area contributed by atoms with Crippen LogP contribution in [0.15, 0.2) is 72.8 Å². The Bertz CT molecular complexity index is 906. The van der Waals surface area contributed by atoms with Crippen LogP contribution in [0.4, 0.5) is 11.4 Å². The van der Waals surface area contributed by atoms with Crippen LogP contribution in [0, 0.1) is 0 Å². The van der Waals surface area contributed by atoms with Crippen LogP contribution < -0.4 is 14.8 Å². The second-order valence-electron chi connectivity index (χ2n) is 5.80. The van der Waals surface area contributed by atoms with Gasteiger partial charge in [0.05, 0.1) is 17.8 Å². The summed E-state index contributed by atoms with van der Waals surface area (Å²) in [6, 6.07) is 22.8. The number of aryl methyl sites for hydroxylation is 1. The minimum Gasteiger partial charge on any atom is -0.453 e. The normalized spacial score (nSPS) is 11.5. The quantitative estimate of drug-likeness (QED) is 0.419. The first-order chi connectivity index (χ1) is 12.3. The minimum absolute atomic E-state index is 0.249. The second kappa shape index (κ2) is 6.69. The van der Waals surface area contributed by atoms with E-state index in [1.54, 1.807) is 12.1 Å². The smallest absolute Gasteiger partial charge is 0.311 e. The number of hydrogen-bond donors (Lipinski definition) is 1. The highest BCUT2D eigenvalue weighted by molar-refractivity contribution is 5.79. The van der Waals surface area contributed by atoms with Crippen LogP contribution in [0.1, 0.15) is 12.0 Å². The van der Waals surface area contributed by atoms with Crippen LogP contribution in [0.2, 0.25) is 0 Å². The van der Waals surface area contributed by atoms with Crippen LogP contribution in [-0.2, 0) is 11.2 Å². The fraction of sp³-hybridized carbons (Fsp3) is 0.0952. The van der Waals surface area contributed by atoms with E-state index in [4.69, 9.17) is 9.47 Å². The van der Waals surface area contributed by atoms with E-state index in [-0.39, 0.29) is 5.97 Å². The molecule has 0 spiro atoms. The first-order valence-electron chi connectivity index (χ1n) is 8.21. The van der Waals surface area contributed by atoms with Crippen molar-refractivity contribution in [2.75, 3.05) is 5.32 Å². The summed E-state index contributed by atoms with van der Waals surface area (Å²) in [5.41, 5.74) is 2.86. The number of esters is 1. The van der Waals surface area contributed by atoms with Crippen LogP contribution in [0.3, 0.4) is 0 Å². The highest BCUT2D eigenvalue weighted by Crippen LogP contribution is 2.43. The number of rotatable bonds is 4. The number of hydrogen-bond acceptors (Lipinski definition) is 4. The third-order valence-corrected chi connectivity index (χ3v) is 4.05. The van der Waals surface area contributed by atoms with Gasteiger partial charge in [0, 0.05) is 0 Å². The van der Waals surface area contributed by atoms with E-state index >= 15 is 0 Å². The zero-order chi connectivity index (χ0) is 17.1. The number of nitrogens with one attached hydrogen (secondary N) is 1. The highest BCUT2D eigenvalue weighted by Gasteiger charge is 2.19. The molecule has 4 heteroatoms. The lowest BCUT2D eigenvalue weighted by atomic mass is 10.1. The maximum absolute atomic E-state index is 12.1. The number of anilines is 2. The van der Waals surface area contributed by atoms with Crippen LogP contribution in [0.5, 0.6) is 17.2 Å². The number of fused-ring (bicyclic) bond motifs is 2. The van der Waals surface area contributed by atoms with Crippen LogP contribution >= 0.6 is 0 Å². The van der Waals surface area contributed by atoms with Crippen molar-refractivity contribution in [2.24, 2.45) is 0 Å². The molecule has 0 aromatic heterocycles. The Morgan fingerprint density at radius 3 is 2.52 bits per heavy atom. The third kappa shape index (κ3) is 3.33. The molecule has 25 heavy (non-hydrogen) atoms. The Hall–Kier alpha value is -3.27. The van der Waals surface area contributed by atoms with E-state index in [1.807, 2.05) is 60.7 Å². The monoisotopic (exact) mass is 331 g/mol. The predicted molar refractivity (Wildman–Crippen MR) is 96.6 cm³/mol. The van der Waals surface area contributed by atoms with Gasteiger partial charge in [0.1, 0.15) is 5.75 Å². The van der Waals surface area contributed by atoms with Gasteiger partial charge in [-0.25, -0.2) is 0 Å². The molecule has 0 saturated carbocycles. The molecule has 1 N–H and O–H groups in total. The molecule has 0 aliphatic carbocycles. The Kier molecular flexibility index (Phi) is 4.09. The Labute approximate surface area is 146 Å². The molecule has 0 bridgehead atoms. The van der Waals surface area contributed by atoms with Gasteiger partial charge in [-0.2, -0.15) is 0 Å². The van der Waals surface area contributed by atoms with Crippen molar-refractivity contribution in [3.8, 4) is 17.2 Å². The minimum atomic E-state index is -0.249. The van der Waals surface area contributed by atoms with E-state index < -0.39 is 0 Å². The van der Waals surface area contributed by atoms with Crippen molar-refractivity contribution in [1.82, 2.24) is 0 Å². The predicted octanol–water partition coefficient (Wildman–Crippen LogP) is 5.07. The number of para-hydroxylation sites is 4. The number of carbonyl (C=O) groups excluding carboxylic acids is 1. The Morgan fingerprint density at radius 2 is 1.64 bits per heavy atom. The van der Waals surface area contributed by atoms with Gasteiger partial charge in [-0.05, 0) is 42.3 Å². The summed E-state index contributed by atoms with van der Waals surface area (Å²) in [5, 5.41) is 3.41. The number of ether oxygens (including phenoxy) is 2. The van der Waals surface area contributed by atoms with Crippen LogP contribution in [0.25, 0.3) is 0 Å². The topological polar surface area (TPSA) is 47.6 Å². The molecule has 4 rings (SSSR count). The van der Waals surface area contributed by atoms with E-state index in [2.05, 4.69) is 5.32 Å². The number of benzene rings is 3. The molecule has 0 saturated heterocycles. The molecule has 124 valence electrons. The molecule has 0 atom stereocenters. The largest absolute Gasteiger partial charge is 0.453 e. The van der Waals surface area contributed by atoms with Gasteiger partial charge in [0.2, 0.25) is 0 Å². The lowest BCUT2D eigenvalue weighted by molar-refractivity contribution is -0.134. The summed E-state index contributed by atoms with van der Waals surface area (Å²) in [7, 11) is 0. The summed E-state index contributed by atoms with van der Waals surface area (Å²) in [6.45, 7) is 0. The summed E-state index contributed by atoms with van der Waals surface area (Å²) >= 11 is 0. The summed E-state index contributed by atoms with van der Waals surface area (Å²) in [6.07, 6.45) is 0.877. The molecule has 0 amide bonds. The van der Waals surface area contributed by atoms with E-state index in [0.29, 0.717) is 18.6 Å². The lowest BCUT2D eigenvalue weighted by Crippen LogP contribution is -2.11. The van der Waals surface area contributed by atoms with Gasteiger partial charge in [0.25, 0.3) is 0 Å². The van der Waals surface area contributed by atoms with Crippen molar-refractivity contribution in [2.45, 2.75) is 12.8 Å². The maximum atomic E-state index is 12.1. The van der Waals surface area contributed by atoms with Crippen molar-refractivity contribution >= 4 is 17.3 Å². The van der Waals surface area contributed by atoms with Crippen molar-refractivity contribution < 1.29 is 14.3 Å². The average Bonchev–Trinajstić information content (AvgIpc) is 2.65. The fourth-order valence-corrected chi connectivity index (χ4v) is 2.83. The molecule has 0 radical (unpaired) electrons. The summed E-state index contributed by atoms with van der Waals surface area (Å²) < 4.78 is 11.3. The molecule has 4 nitrogen and oxygen atoms in total. The van der Waals surface area contributed by atoms with Gasteiger partial charge in [-0.15, -0.1) is 0 Å². The zero-order valence-electron chi connectivity index (χ0n) is 13.6. The molecule has 0 fully saturated rings. The first-order valence-corrected chi connectivity index (χ1v) is 8.21. The van der Waals surface area contributed by atoms with Gasteiger partial charge in [0.15, 0.2) is 11.5 Å². The van der Waals surface area contributed by atoms with Gasteiger partial charge < -0.3 is 14.8 Å². The average molecular weight is 331 g/mol. The summed E-state index contributed by atoms with van der Waals surface area (Å²) in [5.74, 6) is 1.89. The molecule has 1 aliphatic rings. The number of carbonyl (C=O) groups is 1. The SMILES string of the molecule is O=C(CCc1cccc2c1Nc1ccccc1O2)Oc1ccccc1. The van der Waals surface area contributed by atoms with Gasteiger partial charge in [-0.1, -0.05) is 42.5 Å². The van der Waals surface area contributed by atoms with E-state index in [1.165, 1.54) is 0 Å². The van der Waals surface area contributed by atoms with Gasteiger partial charge in [-0.3, -0.25) is 4.79 Å². The van der Waals surface area contributed by atoms with E-state index in [0.717, 1.165) is 28.4 Å². The molecule has 1 aliphatic heterocycles. The second-order valence-corrected chi connectivity index (χ2v) is 5.80. The third-order valence-electron chi connectivity index (χ3n) is 4.05. The zero-order valence-corrected chi connectivity index (χ0v) is 13.6. The Balaban J connectivity index is 1.47. The first kappa shape index (κ1) is 15.3. The molecule has 3 aromatic carbocycles. The van der Waals surface area contributed by atoms with Crippen LogP contribution in [-0.4, -0.2) is 5.97 Å². The van der Waals surface area contributed by atoms with Crippen molar-refractivity contribution in [3.63, 3.8) is 0 Å². The fourth-order valence-electron chi connectivity index (χ4n) is 2.83. The molecule has 0 unspecified atom stereocenters. The van der Waals surface area contributed by atoms with E-state index in [9.17, 15) is 4.79 Å². The lowest BCUT2D eigenvalue weighted by Gasteiger charge is -2.23. The molecular formula is C21H17NO3. The van der Waals surface area contributed by atoms with Crippen molar-refractivity contribution in [3.05, 3.63) is 78.4 Å². The standard InChI is InChI=1S/C21H17NO3/c23-20(24-16-8-2-1-3-9-16)14-13-15-7-6-12-19-21(15)22-17-10-4-5-11-18(17)25-19/h1-12,22H,13-14H2. The van der Waals surface area contributed by atoms with Crippen molar-refractivity contribution in [1.29, 1.82) is 0 Å². The summed E-state index contributed by atoms with van der Waals surface area (Å²) in [4.78, 5) is 12.1. The maximum Gasteiger partial charge on any atom is 0.311 e. The van der Waals surface area contributed by atoms with Gasteiger partial charge >= 0.3 is 5.97 Å². The highest BCUT2D eigenvalue weighted by atomic mass is 16.5. The molecule has 1 heterocycles. The molecule has 3 aromatic rings. The molecular weight excluding hydrogens is 314 g/mol. The Morgan fingerprint density at radius 1 is 0.880 bits per heavy atom.